The second kappa shape index (κ2) is 7.59. The molecular formula is C21H37N3OS. The second-order valence-corrected chi connectivity index (χ2v) is 11.1. The molecule has 2 heterocycles. The first-order chi connectivity index (χ1) is 11.8. The molecule has 1 aliphatic rings. The van der Waals surface area contributed by atoms with Crippen LogP contribution in [0.1, 0.15) is 95.8 Å². The number of unbranched alkanes of at least 4 members (excludes halogenated alkanes) is 1. The Morgan fingerprint density at radius 1 is 1.27 bits per heavy atom. The number of rotatable bonds is 5. The highest BCUT2D eigenvalue weighted by Crippen LogP contribution is 2.34. The SMILES string of the molecule is CCCCN(C(=O)c1cnc(C(C)(C)C)s1)C1CC(C)(C)NC(C)(C)C1. The van der Waals surface area contributed by atoms with E-state index in [1.807, 2.05) is 0 Å². The number of carbonyl (C=O) groups excluding carboxylic acids is 1. The van der Waals surface area contributed by atoms with Crippen LogP contribution in [0.3, 0.4) is 0 Å². The lowest BCUT2D eigenvalue weighted by molar-refractivity contribution is 0.0445. The normalized spacial score (nSPS) is 20.2. The molecule has 0 saturated carbocycles. The summed E-state index contributed by atoms with van der Waals surface area (Å²) < 4.78 is 0. The van der Waals surface area contributed by atoms with Gasteiger partial charge in [0.1, 0.15) is 4.88 Å². The number of carbonyl (C=O) groups is 1. The van der Waals surface area contributed by atoms with Crippen molar-refractivity contribution >= 4 is 17.2 Å². The summed E-state index contributed by atoms with van der Waals surface area (Å²) >= 11 is 1.56. The molecule has 0 aromatic carbocycles. The monoisotopic (exact) mass is 379 g/mol. The maximum atomic E-state index is 13.4. The van der Waals surface area contributed by atoms with Gasteiger partial charge in [-0.3, -0.25) is 4.79 Å². The molecule has 1 fully saturated rings. The van der Waals surface area contributed by atoms with E-state index in [0.717, 1.165) is 42.1 Å². The molecule has 1 aromatic rings. The van der Waals surface area contributed by atoms with Crippen LogP contribution in [0.4, 0.5) is 0 Å². The van der Waals surface area contributed by atoms with E-state index < -0.39 is 0 Å². The largest absolute Gasteiger partial charge is 0.335 e. The maximum absolute atomic E-state index is 13.4. The molecule has 1 aliphatic heterocycles. The zero-order valence-electron chi connectivity index (χ0n) is 17.9. The van der Waals surface area contributed by atoms with Crippen molar-refractivity contribution in [1.82, 2.24) is 15.2 Å². The van der Waals surface area contributed by atoms with Crippen molar-refractivity contribution in [1.29, 1.82) is 0 Å². The van der Waals surface area contributed by atoms with Crippen LogP contribution in [0.25, 0.3) is 0 Å². The van der Waals surface area contributed by atoms with Gasteiger partial charge >= 0.3 is 0 Å². The average Bonchev–Trinajstić information content (AvgIpc) is 2.93. The fourth-order valence-corrected chi connectivity index (χ4v) is 5.06. The van der Waals surface area contributed by atoms with Gasteiger partial charge in [0.2, 0.25) is 0 Å². The molecule has 148 valence electrons. The van der Waals surface area contributed by atoms with Crippen LogP contribution in [0, 0.1) is 0 Å². The molecule has 1 saturated heterocycles. The molecule has 5 heteroatoms. The van der Waals surface area contributed by atoms with E-state index in [1.54, 1.807) is 17.5 Å². The minimum atomic E-state index is -0.0177. The third kappa shape index (κ3) is 5.29. The van der Waals surface area contributed by atoms with Gasteiger partial charge in [0, 0.05) is 29.1 Å². The van der Waals surface area contributed by atoms with Gasteiger partial charge in [0.25, 0.3) is 5.91 Å². The third-order valence-corrected chi connectivity index (χ3v) is 6.39. The number of thiazole rings is 1. The van der Waals surface area contributed by atoms with Gasteiger partial charge < -0.3 is 10.2 Å². The van der Waals surface area contributed by atoms with Gasteiger partial charge in [-0.25, -0.2) is 4.98 Å². The van der Waals surface area contributed by atoms with Crippen molar-refractivity contribution in [3.05, 3.63) is 16.1 Å². The van der Waals surface area contributed by atoms with Crippen LogP contribution in [0.2, 0.25) is 0 Å². The number of amides is 1. The summed E-state index contributed by atoms with van der Waals surface area (Å²) in [5, 5.41) is 4.76. The van der Waals surface area contributed by atoms with Gasteiger partial charge in [0.15, 0.2) is 0 Å². The summed E-state index contributed by atoms with van der Waals surface area (Å²) in [6.45, 7) is 18.4. The Balaban J connectivity index is 2.28. The van der Waals surface area contributed by atoms with Crippen molar-refractivity contribution in [2.45, 2.75) is 104 Å². The highest BCUT2D eigenvalue weighted by atomic mass is 32.1. The molecule has 0 atom stereocenters. The minimum absolute atomic E-state index is 0.0177. The average molecular weight is 380 g/mol. The summed E-state index contributed by atoms with van der Waals surface area (Å²) in [6, 6.07) is 0.264. The van der Waals surface area contributed by atoms with E-state index in [2.05, 4.69) is 70.6 Å². The number of nitrogens with zero attached hydrogens (tertiary/aromatic N) is 2. The standard InChI is InChI=1S/C21H37N3OS/c1-9-10-11-24(15-12-20(5,6)23-21(7,8)13-15)17(25)16-14-22-18(26-16)19(2,3)4/h14-15,23H,9-13H2,1-8H3. The van der Waals surface area contributed by atoms with Crippen LogP contribution >= 0.6 is 11.3 Å². The molecule has 1 amide bonds. The lowest BCUT2D eigenvalue weighted by atomic mass is 9.79. The summed E-state index contributed by atoms with van der Waals surface area (Å²) in [6.07, 6.45) is 5.89. The molecular weight excluding hydrogens is 342 g/mol. The summed E-state index contributed by atoms with van der Waals surface area (Å²) in [4.78, 5) is 20.8. The highest BCUT2D eigenvalue weighted by Gasteiger charge is 2.41. The Morgan fingerprint density at radius 3 is 2.31 bits per heavy atom. The van der Waals surface area contributed by atoms with Crippen molar-refractivity contribution in [2.24, 2.45) is 0 Å². The Kier molecular flexibility index (Phi) is 6.23. The number of hydrogen-bond acceptors (Lipinski definition) is 4. The number of piperidine rings is 1. The molecule has 0 bridgehead atoms. The smallest absolute Gasteiger partial charge is 0.265 e. The first kappa shape index (κ1) is 21.4. The number of nitrogens with one attached hydrogen (secondary N) is 1. The van der Waals surface area contributed by atoms with E-state index in [9.17, 15) is 4.79 Å². The predicted molar refractivity (Wildman–Crippen MR) is 111 cm³/mol. The van der Waals surface area contributed by atoms with Crippen molar-refractivity contribution in [2.75, 3.05) is 6.54 Å². The first-order valence-corrected chi connectivity index (χ1v) is 10.7. The van der Waals surface area contributed by atoms with Crippen LogP contribution in [-0.2, 0) is 5.41 Å². The number of aromatic nitrogens is 1. The molecule has 2 rings (SSSR count). The molecule has 26 heavy (non-hydrogen) atoms. The number of hydrogen-bond donors (Lipinski definition) is 1. The van der Waals surface area contributed by atoms with E-state index in [0.29, 0.717) is 0 Å². The fraction of sp³-hybridized carbons (Fsp3) is 0.810. The molecule has 0 aliphatic carbocycles. The van der Waals surface area contributed by atoms with Gasteiger partial charge in [-0.2, -0.15) is 0 Å². The van der Waals surface area contributed by atoms with Crippen LogP contribution in [0.5, 0.6) is 0 Å². The summed E-state index contributed by atoms with van der Waals surface area (Å²) in [5.74, 6) is 0.157. The van der Waals surface area contributed by atoms with E-state index in [4.69, 9.17) is 0 Å². The Hall–Kier alpha value is -0.940. The molecule has 1 aromatic heterocycles. The van der Waals surface area contributed by atoms with Crippen LogP contribution in [0.15, 0.2) is 6.20 Å². The van der Waals surface area contributed by atoms with Crippen molar-refractivity contribution in [3.63, 3.8) is 0 Å². The molecule has 4 nitrogen and oxygen atoms in total. The molecule has 0 spiro atoms. The summed E-state index contributed by atoms with van der Waals surface area (Å²) in [5.41, 5.74) is 0.0407. The Labute approximate surface area is 163 Å². The van der Waals surface area contributed by atoms with E-state index >= 15 is 0 Å². The van der Waals surface area contributed by atoms with Crippen molar-refractivity contribution < 1.29 is 4.79 Å². The minimum Gasteiger partial charge on any atom is -0.335 e. The van der Waals surface area contributed by atoms with Crippen LogP contribution < -0.4 is 5.32 Å². The quantitative estimate of drug-likeness (QED) is 0.784. The highest BCUT2D eigenvalue weighted by molar-refractivity contribution is 7.13. The lowest BCUT2D eigenvalue weighted by Crippen LogP contribution is -2.62. The third-order valence-electron chi connectivity index (χ3n) is 4.98. The van der Waals surface area contributed by atoms with Crippen LogP contribution in [-0.4, -0.2) is 39.5 Å². The first-order valence-electron chi connectivity index (χ1n) is 9.91. The van der Waals surface area contributed by atoms with Gasteiger partial charge in [-0.15, -0.1) is 11.3 Å². The molecule has 1 N–H and O–H groups in total. The lowest BCUT2D eigenvalue weighted by Gasteiger charge is -2.49. The molecule has 0 radical (unpaired) electrons. The molecule has 0 unspecified atom stereocenters. The second-order valence-electron chi connectivity index (χ2n) is 10.1. The van der Waals surface area contributed by atoms with Gasteiger partial charge in [-0.05, 0) is 47.0 Å². The Morgan fingerprint density at radius 2 is 1.85 bits per heavy atom. The van der Waals surface area contributed by atoms with Gasteiger partial charge in [-0.1, -0.05) is 34.1 Å². The van der Waals surface area contributed by atoms with Crippen molar-refractivity contribution in [3.8, 4) is 0 Å². The van der Waals surface area contributed by atoms with Gasteiger partial charge in [0.05, 0.1) is 11.2 Å². The maximum Gasteiger partial charge on any atom is 0.265 e. The van der Waals surface area contributed by atoms with E-state index in [1.165, 1.54) is 0 Å². The zero-order chi connectivity index (χ0) is 19.8. The van der Waals surface area contributed by atoms with E-state index in [-0.39, 0.29) is 28.4 Å². The fourth-order valence-electron chi connectivity index (χ4n) is 4.13. The summed E-state index contributed by atoms with van der Waals surface area (Å²) in [7, 11) is 0. The zero-order valence-corrected chi connectivity index (χ0v) is 18.7. The topological polar surface area (TPSA) is 45.2 Å². The Bertz CT molecular complexity index is 611. The predicted octanol–water partition coefficient (Wildman–Crippen LogP) is 4.99.